The Hall–Kier alpha value is -0.800. The maximum Gasteiger partial charge on any atom is 0.139 e. The van der Waals surface area contributed by atoms with Gasteiger partial charge in [0.05, 0.1) is 5.56 Å². The van der Waals surface area contributed by atoms with E-state index in [1.54, 1.807) is 12.1 Å². The van der Waals surface area contributed by atoms with Crippen LogP contribution in [0.2, 0.25) is 0 Å². The van der Waals surface area contributed by atoms with Crippen molar-refractivity contribution in [3.05, 3.63) is 27.7 Å². The molecule has 0 aliphatic carbocycles. The number of phenolic OH excluding ortho intramolecular Hbond substituents is 1. The molecule has 1 aliphatic heterocycles. The van der Waals surface area contributed by atoms with Crippen LogP contribution in [0.3, 0.4) is 0 Å². The summed E-state index contributed by atoms with van der Waals surface area (Å²) in [5.74, 6) is 0.265. The van der Waals surface area contributed by atoms with Crippen LogP contribution in [0.25, 0.3) is 0 Å². The lowest BCUT2D eigenvalue weighted by Gasteiger charge is -2.29. The van der Waals surface area contributed by atoms with E-state index < -0.39 is 0 Å². The van der Waals surface area contributed by atoms with E-state index in [0.29, 0.717) is 18.8 Å². The van der Waals surface area contributed by atoms with Gasteiger partial charge in [0.2, 0.25) is 0 Å². The van der Waals surface area contributed by atoms with Crippen LogP contribution in [-0.4, -0.2) is 18.3 Å². The summed E-state index contributed by atoms with van der Waals surface area (Å²) < 4.78 is 6.06. The maximum absolute atomic E-state index is 10.1. The molecule has 0 radical (unpaired) electrons. The molecule has 4 nitrogen and oxygen atoms in total. The van der Waals surface area contributed by atoms with Crippen LogP contribution in [0.15, 0.2) is 16.6 Å². The highest BCUT2D eigenvalue weighted by Gasteiger charge is 2.27. The summed E-state index contributed by atoms with van der Waals surface area (Å²) in [6.45, 7) is 1.41. The van der Waals surface area contributed by atoms with E-state index in [1.165, 1.54) is 0 Å². The topological polar surface area (TPSA) is 79.3 Å². The number of nitrogens with two attached hydrogens (primary N) is 1. The highest BCUT2D eigenvalue weighted by molar-refractivity contribution is 9.10. The van der Waals surface area contributed by atoms with Gasteiger partial charge in [-0.25, -0.2) is 0 Å². The molecule has 1 aliphatic rings. The van der Waals surface area contributed by atoms with Crippen molar-refractivity contribution < 1.29 is 9.84 Å². The van der Waals surface area contributed by atoms with E-state index in [2.05, 4.69) is 15.9 Å². The zero-order valence-electron chi connectivity index (χ0n) is 10.3. The minimum absolute atomic E-state index is 0. The number of rotatable bonds is 2. The minimum Gasteiger partial charge on any atom is -0.506 e. The van der Waals surface area contributed by atoms with Crippen molar-refractivity contribution in [3.63, 3.8) is 0 Å². The second-order valence-corrected chi connectivity index (χ2v) is 5.30. The Kier molecular flexibility index (Phi) is 6.08. The average Bonchev–Trinajstić information content (AvgIpc) is 2.40. The molecule has 104 valence electrons. The van der Waals surface area contributed by atoms with Crippen LogP contribution < -0.4 is 5.73 Å². The highest BCUT2D eigenvalue weighted by Crippen LogP contribution is 2.38. The molecule has 0 saturated carbocycles. The standard InChI is InChI=1S/C13H15BrN2O2.ClH/c14-10-2-1-9(7-15)13(17)11(10)12(16)8-3-5-18-6-4-8;/h1-2,8,12,17H,3-6,16H2;1H/t12-;/m1./s1. The molecular weight excluding hydrogens is 332 g/mol. The predicted molar refractivity (Wildman–Crippen MR) is 78.2 cm³/mol. The number of phenols is 1. The van der Waals surface area contributed by atoms with Gasteiger partial charge >= 0.3 is 0 Å². The first-order chi connectivity index (χ1) is 8.65. The van der Waals surface area contributed by atoms with E-state index in [-0.39, 0.29) is 35.7 Å². The number of aromatic hydroxyl groups is 1. The minimum atomic E-state index is -0.281. The normalized spacial score (nSPS) is 17.3. The van der Waals surface area contributed by atoms with Crippen LogP contribution >= 0.6 is 28.3 Å². The molecule has 19 heavy (non-hydrogen) atoms. The lowest BCUT2D eigenvalue weighted by atomic mass is 9.87. The predicted octanol–water partition coefficient (Wildman–Crippen LogP) is 2.87. The lowest BCUT2D eigenvalue weighted by Crippen LogP contribution is -2.27. The molecule has 1 fully saturated rings. The third-order valence-corrected chi connectivity index (χ3v) is 4.08. The van der Waals surface area contributed by atoms with Gasteiger partial charge in [-0.3, -0.25) is 0 Å². The van der Waals surface area contributed by atoms with Crippen LogP contribution in [0.5, 0.6) is 5.75 Å². The summed E-state index contributed by atoms with van der Waals surface area (Å²) >= 11 is 3.40. The summed E-state index contributed by atoms with van der Waals surface area (Å²) in [6, 6.07) is 5.03. The summed E-state index contributed by atoms with van der Waals surface area (Å²) in [5.41, 5.74) is 7.13. The number of ether oxygens (including phenoxy) is 1. The van der Waals surface area contributed by atoms with Gasteiger partial charge in [0.15, 0.2) is 0 Å². The number of halogens is 2. The summed E-state index contributed by atoms with van der Waals surface area (Å²) in [7, 11) is 0. The zero-order valence-corrected chi connectivity index (χ0v) is 12.7. The number of benzene rings is 1. The van der Waals surface area contributed by atoms with E-state index in [4.69, 9.17) is 15.7 Å². The fourth-order valence-corrected chi connectivity index (χ4v) is 2.89. The average molecular weight is 348 g/mol. The molecule has 1 aromatic rings. The van der Waals surface area contributed by atoms with Crippen molar-refractivity contribution in [1.82, 2.24) is 0 Å². The Morgan fingerprint density at radius 1 is 1.42 bits per heavy atom. The van der Waals surface area contributed by atoms with Crippen molar-refractivity contribution in [2.24, 2.45) is 11.7 Å². The van der Waals surface area contributed by atoms with Crippen LogP contribution in [-0.2, 0) is 4.74 Å². The molecule has 0 spiro atoms. The van der Waals surface area contributed by atoms with E-state index in [1.807, 2.05) is 6.07 Å². The molecule has 1 saturated heterocycles. The molecule has 1 aromatic carbocycles. The molecule has 3 N–H and O–H groups in total. The molecule has 0 bridgehead atoms. The monoisotopic (exact) mass is 346 g/mol. The Balaban J connectivity index is 0.00000180. The molecule has 6 heteroatoms. The van der Waals surface area contributed by atoms with Crippen molar-refractivity contribution >= 4 is 28.3 Å². The lowest BCUT2D eigenvalue weighted by molar-refractivity contribution is 0.0580. The molecule has 0 amide bonds. The molecule has 1 heterocycles. The van der Waals surface area contributed by atoms with Gasteiger partial charge in [0.1, 0.15) is 11.8 Å². The SMILES string of the molecule is Cl.N#Cc1ccc(Br)c([C@H](N)C2CCOCC2)c1O. The molecule has 0 aromatic heterocycles. The van der Waals surface area contributed by atoms with Crippen LogP contribution in [0.1, 0.15) is 30.0 Å². The second kappa shape index (κ2) is 7.11. The number of nitrogens with zero attached hydrogens (tertiary/aromatic N) is 1. The van der Waals surface area contributed by atoms with E-state index >= 15 is 0 Å². The first-order valence-corrected chi connectivity index (χ1v) is 6.69. The van der Waals surface area contributed by atoms with E-state index in [9.17, 15) is 5.11 Å². The fraction of sp³-hybridized carbons (Fsp3) is 0.462. The van der Waals surface area contributed by atoms with Gasteiger partial charge < -0.3 is 15.6 Å². The largest absolute Gasteiger partial charge is 0.506 e. The van der Waals surface area contributed by atoms with Crippen molar-refractivity contribution in [3.8, 4) is 11.8 Å². The third kappa shape index (κ3) is 3.40. The smallest absolute Gasteiger partial charge is 0.139 e. The van der Waals surface area contributed by atoms with Crippen molar-refractivity contribution in [2.45, 2.75) is 18.9 Å². The van der Waals surface area contributed by atoms with Crippen molar-refractivity contribution in [2.75, 3.05) is 13.2 Å². The Morgan fingerprint density at radius 2 is 2.05 bits per heavy atom. The van der Waals surface area contributed by atoms with Gasteiger partial charge in [-0.05, 0) is 30.9 Å². The van der Waals surface area contributed by atoms with Crippen LogP contribution in [0, 0.1) is 17.2 Å². The van der Waals surface area contributed by atoms with Gasteiger partial charge in [0.25, 0.3) is 0 Å². The summed E-state index contributed by atoms with van der Waals surface area (Å²) in [4.78, 5) is 0. The van der Waals surface area contributed by atoms with Gasteiger partial charge in [0, 0.05) is 29.3 Å². The highest BCUT2D eigenvalue weighted by atomic mass is 79.9. The third-order valence-electron chi connectivity index (χ3n) is 3.39. The van der Waals surface area contributed by atoms with Gasteiger partial charge in [-0.2, -0.15) is 5.26 Å². The molecular formula is C13H16BrClN2O2. The number of hydrogen-bond acceptors (Lipinski definition) is 4. The second-order valence-electron chi connectivity index (χ2n) is 4.44. The summed E-state index contributed by atoms with van der Waals surface area (Å²) in [6.07, 6.45) is 1.76. The Bertz CT molecular complexity index is 484. The quantitative estimate of drug-likeness (QED) is 0.862. The number of nitriles is 1. The molecule has 0 unspecified atom stereocenters. The van der Waals surface area contributed by atoms with Crippen molar-refractivity contribution in [1.29, 1.82) is 5.26 Å². The van der Waals surface area contributed by atoms with Gasteiger partial charge in [-0.15, -0.1) is 12.4 Å². The molecule has 1 atom stereocenters. The van der Waals surface area contributed by atoms with E-state index in [0.717, 1.165) is 17.3 Å². The Labute approximate surface area is 127 Å². The van der Waals surface area contributed by atoms with Crippen LogP contribution in [0.4, 0.5) is 0 Å². The first kappa shape index (κ1) is 16.3. The summed E-state index contributed by atoms with van der Waals surface area (Å²) in [5, 5.41) is 19.0. The number of hydrogen-bond donors (Lipinski definition) is 2. The maximum atomic E-state index is 10.1. The molecule has 2 rings (SSSR count). The Morgan fingerprint density at radius 3 is 2.63 bits per heavy atom. The zero-order chi connectivity index (χ0) is 13.1. The first-order valence-electron chi connectivity index (χ1n) is 5.90. The van der Waals surface area contributed by atoms with Gasteiger partial charge in [-0.1, -0.05) is 15.9 Å². The fourth-order valence-electron chi connectivity index (χ4n) is 2.30.